The minimum absolute atomic E-state index is 0.266. The lowest BCUT2D eigenvalue weighted by atomic mass is 9.92. The van der Waals surface area contributed by atoms with Gasteiger partial charge in [-0.05, 0) is 44.8 Å². The maximum atomic E-state index is 9.05. The molecule has 15 heavy (non-hydrogen) atoms. The zero-order chi connectivity index (χ0) is 11.1. The molecule has 84 valence electrons. The number of nitrogens with one attached hydrogen (secondary N) is 1. The van der Waals surface area contributed by atoms with Crippen molar-refractivity contribution in [2.45, 2.75) is 25.7 Å². The summed E-state index contributed by atoms with van der Waals surface area (Å²) in [7, 11) is 1.96. The van der Waals surface area contributed by atoms with Gasteiger partial charge in [0.25, 0.3) is 0 Å². The van der Waals surface area contributed by atoms with Crippen LogP contribution in [0.3, 0.4) is 0 Å². The van der Waals surface area contributed by atoms with Gasteiger partial charge in [0, 0.05) is 6.61 Å². The van der Waals surface area contributed by atoms with E-state index in [1.165, 1.54) is 11.1 Å². The maximum absolute atomic E-state index is 9.05. The molecule has 0 unspecified atom stereocenters. The fraction of sp³-hybridized carbons (Fsp3) is 0.538. The zero-order valence-corrected chi connectivity index (χ0v) is 9.66. The van der Waals surface area contributed by atoms with Crippen LogP contribution in [-0.4, -0.2) is 25.3 Å². The van der Waals surface area contributed by atoms with Gasteiger partial charge >= 0.3 is 0 Å². The number of rotatable bonds is 6. The lowest BCUT2D eigenvalue weighted by molar-refractivity contribution is 0.272. The molecular weight excluding hydrogens is 186 g/mol. The molecule has 0 bridgehead atoms. The van der Waals surface area contributed by atoms with Gasteiger partial charge in [-0.3, -0.25) is 0 Å². The molecule has 0 heterocycles. The van der Waals surface area contributed by atoms with E-state index in [0.29, 0.717) is 5.92 Å². The molecular formula is C13H21NO. The zero-order valence-electron chi connectivity index (χ0n) is 9.66. The van der Waals surface area contributed by atoms with E-state index >= 15 is 0 Å². The number of aliphatic hydroxyl groups excluding tert-OH is 1. The third-order valence-corrected chi connectivity index (χ3v) is 2.73. The molecule has 0 saturated heterocycles. The minimum atomic E-state index is 0.266. The Bertz CT molecular complexity index is 286. The molecule has 1 atom stereocenters. The SMILES string of the molecule is CNCC[C@H](CCO)c1cccc(C)c1. The Labute approximate surface area is 92.3 Å². The van der Waals surface area contributed by atoms with Crippen LogP contribution in [-0.2, 0) is 0 Å². The van der Waals surface area contributed by atoms with Crippen molar-refractivity contribution in [1.82, 2.24) is 5.32 Å². The molecule has 0 aliphatic carbocycles. The largest absolute Gasteiger partial charge is 0.396 e. The molecule has 2 nitrogen and oxygen atoms in total. The predicted octanol–water partition coefficient (Wildman–Crippen LogP) is 2.07. The van der Waals surface area contributed by atoms with Crippen molar-refractivity contribution in [3.63, 3.8) is 0 Å². The van der Waals surface area contributed by atoms with Crippen LogP contribution < -0.4 is 5.32 Å². The summed E-state index contributed by atoms with van der Waals surface area (Å²) < 4.78 is 0. The van der Waals surface area contributed by atoms with E-state index in [2.05, 4.69) is 36.5 Å². The van der Waals surface area contributed by atoms with Crippen molar-refractivity contribution in [1.29, 1.82) is 0 Å². The Hall–Kier alpha value is -0.860. The smallest absolute Gasteiger partial charge is 0.0436 e. The minimum Gasteiger partial charge on any atom is -0.396 e. The molecule has 0 aliphatic rings. The molecule has 2 heteroatoms. The highest BCUT2D eigenvalue weighted by molar-refractivity contribution is 5.25. The summed E-state index contributed by atoms with van der Waals surface area (Å²) in [4.78, 5) is 0. The second kappa shape index (κ2) is 6.59. The molecule has 1 rings (SSSR count). The van der Waals surface area contributed by atoms with Crippen molar-refractivity contribution in [3.05, 3.63) is 35.4 Å². The van der Waals surface area contributed by atoms with Crippen LogP contribution >= 0.6 is 0 Å². The fourth-order valence-corrected chi connectivity index (χ4v) is 1.88. The Balaban J connectivity index is 2.69. The summed E-state index contributed by atoms with van der Waals surface area (Å²) in [5.41, 5.74) is 2.64. The van der Waals surface area contributed by atoms with Crippen LogP contribution in [0.4, 0.5) is 0 Å². The summed E-state index contributed by atoms with van der Waals surface area (Å²) in [6, 6.07) is 8.57. The molecule has 0 fully saturated rings. The van der Waals surface area contributed by atoms with Crippen molar-refractivity contribution < 1.29 is 5.11 Å². The van der Waals surface area contributed by atoms with E-state index < -0.39 is 0 Å². The van der Waals surface area contributed by atoms with Crippen LogP contribution in [0.15, 0.2) is 24.3 Å². The lowest BCUT2D eigenvalue weighted by Gasteiger charge is -2.16. The monoisotopic (exact) mass is 207 g/mol. The first-order valence-electron chi connectivity index (χ1n) is 5.60. The third-order valence-electron chi connectivity index (χ3n) is 2.73. The molecule has 0 spiro atoms. The van der Waals surface area contributed by atoms with Crippen LogP contribution in [0.5, 0.6) is 0 Å². The molecule has 2 N–H and O–H groups in total. The first-order valence-corrected chi connectivity index (χ1v) is 5.60. The Morgan fingerprint density at radius 2 is 2.13 bits per heavy atom. The van der Waals surface area contributed by atoms with E-state index in [9.17, 15) is 0 Å². The van der Waals surface area contributed by atoms with Crippen molar-refractivity contribution in [3.8, 4) is 0 Å². The lowest BCUT2D eigenvalue weighted by Crippen LogP contribution is -2.13. The molecule has 0 aliphatic heterocycles. The fourth-order valence-electron chi connectivity index (χ4n) is 1.88. The highest BCUT2D eigenvalue weighted by Crippen LogP contribution is 2.23. The van der Waals surface area contributed by atoms with Crippen LogP contribution in [0.25, 0.3) is 0 Å². The van der Waals surface area contributed by atoms with Gasteiger partial charge in [-0.25, -0.2) is 0 Å². The average molecular weight is 207 g/mol. The summed E-state index contributed by atoms with van der Waals surface area (Å²) in [6.07, 6.45) is 1.94. The molecule has 0 aromatic heterocycles. The van der Waals surface area contributed by atoms with Gasteiger partial charge in [0.05, 0.1) is 0 Å². The third kappa shape index (κ3) is 4.02. The Morgan fingerprint density at radius 3 is 2.73 bits per heavy atom. The van der Waals surface area contributed by atoms with Gasteiger partial charge in [-0.2, -0.15) is 0 Å². The van der Waals surface area contributed by atoms with Gasteiger partial charge in [0.15, 0.2) is 0 Å². The van der Waals surface area contributed by atoms with Crippen LogP contribution in [0, 0.1) is 6.92 Å². The van der Waals surface area contributed by atoms with E-state index in [4.69, 9.17) is 5.11 Å². The van der Waals surface area contributed by atoms with E-state index in [0.717, 1.165) is 19.4 Å². The summed E-state index contributed by atoms with van der Waals surface area (Å²) in [5.74, 6) is 0.474. The number of aryl methyl sites for hydroxylation is 1. The summed E-state index contributed by atoms with van der Waals surface area (Å²) in [6.45, 7) is 3.37. The average Bonchev–Trinajstić information content (AvgIpc) is 2.24. The Morgan fingerprint density at radius 1 is 1.33 bits per heavy atom. The van der Waals surface area contributed by atoms with Gasteiger partial charge in [0.2, 0.25) is 0 Å². The molecule has 0 saturated carbocycles. The number of hydrogen-bond acceptors (Lipinski definition) is 2. The van der Waals surface area contributed by atoms with E-state index in [-0.39, 0.29) is 6.61 Å². The molecule has 0 radical (unpaired) electrons. The topological polar surface area (TPSA) is 32.3 Å². The van der Waals surface area contributed by atoms with E-state index in [1.807, 2.05) is 7.05 Å². The Kier molecular flexibility index (Phi) is 5.37. The molecule has 1 aromatic rings. The number of aliphatic hydroxyl groups is 1. The first-order chi connectivity index (χ1) is 7.27. The highest BCUT2D eigenvalue weighted by Gasteiger charge is 2.10. The summed E-state index contributed by atoms with van der Waals surface area (Å²) in [5, 5.41) is 12.2. The quantitative estimate of drug-likeness (QED) is 0.748. The van der Waals surface area contributed by atoms with Gasteiger partial charge in [-0.15, -0.1) is 0 Å². The summed E-state index contributed by atoms with van der Waals surface area (Å²) >= 11 is 0. The predicted molar refractivity (Wildman–Crippen MR) is 64.2 cm³/mol. The van der Waals surface area contributed by atoms with Crippen LogP contribution in [0.2, 0.25) is 0 Å². The van der Waals surface area contributed by atoms with Crippen molar-refractivity contribution >= 4 is 0 Å². The normalized spacial score (nSPS) is 12.7. The van der Waals surface area contributed by atoms with Gasteiger partial charge < -0.3 is 10.4 Å². The number of benzene rings is 1. The first kappa shape index (κ1) is 12.2. The maximum Gasteiger partial charge on any atom is 0.0436 e. The second-order valence-corrected chi connectivity index (χ2v) is 4.02. The molecule has 1 aromatic carbocycles. The highest BCUT2D eigenvalue weighted by atomic mass is 16.3. The van der Waals surface area contributed by atoms with Gasteiger partial charge in [0.1, 0.15) is 0 Å². The second-order valence-electron chi connectivity index (χ2n) is 4.02. The van der Waals surface area contributed by atoms with Gasteiger partial charge in [-0.1, -0.05) is 29.8 Å². The van der Waals surface area contributed by atoms with Crippen molar-refractivity contribution in [2.75, 3.05) is 20.2 Å². The molecule has 0 amide bonds. The number of hydrogen-bond donors (Lipinski definition) is 2. The van der Waals surface area contributed by atoms with Crippen molar-refractivity contribution in [2.24, 2.45) is 0 Å². The van der Waals surface area contributed by atoms with E-state index in [1.54, 1.807) is 0 Å². The standard InChI is InChI=1S/C13H21NO/c1-11-4-3-5-13(10-11)12(7-9-15)6-8-14-2/h3-5,10,12,14-15H,6-9H2,1-2H3/t12-/m1/s1. The van der Waals surface area contributed by atoms with Crippen LogP contribution in [0.1, 0.15) is 29.9 Å².